The predicted molar refractivity (Wildman–Crippen MR) is 112 cm³/mol. The fourth-order valence-electron chi connectivity index (χ4n) is 4.29. The molecule has 2 aromatic heterocycles. The number of rotatable bonds is 3. The van der Waals surface area contributed by atoms with Gasteiger partial charge in [0.1, 0.15) is 11.6 Å². The van der Waals surface area contributed by atoms with E-state index in [0.717, 1.165) is 37.7 Å². The minimum atomic E-state index is -0.265. The van der Waals surface area contributed by atoms with Gasteiger partial charge in [0.2, 0.25) is 5.95 Å². The number of pyridine rings is 1. The lowest BCUT2D eigenvalue weighted by atomic mass is 9.82. The molecule has 0 radical (unpaired) electrons. The molecule has 1 atom stereocenters. The second kappa shape index (κ2) is 7.82. The smallest absolute Gasteiger partial charge is 0.225 e. The number of Topliss-reactive ketones (excluding diaryl/α,β-unsaturated/α-hetero) is 1. The number of aromatic nitrogens is 3. The van der Waals surface area contributed by atoms with Gasteiger partial charge in [-0.05, 0) is 36.1 Å². The van der Waals surface area contributed by atoms with Crippen molar-refractivity contribution in [2.24, 2.45) is 0 Å². The quantitative estimate of drug-likeness (QED) is 0.669. The number of hydrogen-bond donors (Lipinski definition) is 0. The third-order valence-corrected chi connectivity index (χ3v) is 5.91. The first kappa shape index (κ1) is 18.7. The number of carbonyl (C=O) groups is 1. The van der Waals surface area contributed by atoms with Gasteiger partial charge in [-0.25, -0.2) is 19.3 Å². The van der Waals surface area contributed by atoms with Crippen LogP contribution in [-0.2, 0) is 6.42 Å². The van der Waals surface area contributed by atoms with Crippen LogP contribution in [0.25, 0.3) is 0 Å². The zero-order valence-electron chi connectivity index (χ0n) is 16.5. The molecule has 1 fully saturated rings. The van der Waals surface area contributed by atoms with E-state index < -0.39 is 0 Å². The molecular weight excluding hydrogens is 381 g/mol. The number of halogens is 1. The molecule has 0 saturated carbocycles. The maximum atomic E-state index is 14.3. The van der Waals surface area contributed by atoms with Gasteiger partial charge in [-0.1, -0.05) is 24.3 Å². The number of carbonyl (C=O) groups excluding carboxylic acids is 1. The van der Waals surface area contributed by atoms with Crippen molar-refractivity contribution in [1.82, 2.24) is 15.0 Å². The Morgan fingerprint density at radius 2 is 1.67 bits per heavy atom. The van der Waals surface area contributed by atoms with Gasteiger partial charge in [0.05, 0.1) is 11.3 Å². The summed E-state index contributed by atoms with van der Waals surface area (Å²) in [5, 5.41) is 0. The number of benzene rings is 1. The number of nitrogens with zero attached hydrogens (tertiary/aromatic N) is 5. The molecule has 7 heteroatoms. The molecule has 0 bridgehead atoms. The number of ketones is 1. The minimum Gasteiger partial charge on any atom is -0.353 e. The molecule has 0 N–H and O–H groups in total. The second-order valence-electron chi connectivity index (χ2n) is 7.74. The number of anilines is 2. The molecule has 6 nitrogen and oxygen atoms in total. The SMILES string of the molecule is O=C1C[C@@H](c2ccccc2F)Cc2nc(N3CCN(c4ccccn4)CC3)ncc21. The highest BCUT2D eigenvalue weighted by atomic mass is 19.1. The van der Waals surface area contributed by atoms with Crippen molar-refractivity contribution in [2.45, 2.75) is 18.8 Å². The third kappa shape index (κ3) is 3.51. The lowest BCUT2D eigenvalue weighted by Crippen LogP contribution is -2.47. The van der Waals surface area contributed by atoms with Crippen molar-refractivity contribution in [3.8, 4) is 0 Å². The van der Waals surface area contributed by atoms with E-state index in [4.69, 9.17) is 4.98 Å². The van der Waals surface area contributed by atoms with Crippen LogP contribution < -0.4 is 9.80 Å². The summed E-state index contributed by atoms with van der Waals surface area (Å²) in [4.78, 5) is 30.6. The maximum absolute atomic E-state index is 14.3. The monoisotopic (exact) mass is 403 g/mol. The largest absolute Gasteiger partial charge is 0.353 e. The van der Waals surface area contributed by atoms with Crippen molar-refractivity contribution in [1.29, 1.82) is 0 Å². The summed E-state index contributed by atoms with van der Waals surface area (Å²) < 4.78 is 14.3. The normalized spacial score (nSPS) is 19.0. The van der Waals surface area contributed by atoms with E-state index >= 15 is 0 Å². The average Bonchev–Trinajstić information content (AvgIpc) is 2.80. The Kier molecular flexibility index (Phi) is 4.86. The van der Waals surface area contributed by atoms with Gasteiger partial charge >= 0.3 is 0 Å². The zero-order chi connectivity index (χ0) is 20.5. The summed E-state index contributed by atoms with van der Waals surface area (Å²) in [5.41, 5.74) is 1.87. The molecule has 30 heavy (non-hydrogen) atoms. The van der Waals surface area contributed by atoms with Gasteiger partial charge < -0.3 is 9.80 Å². The van der Waals surface area contributed by atoms with Gasteiger partial charge in [0, 0.05) is 45.0 Å². The Morgan fingerprint density at radius 1 is 0.900 bits per heavy atom. The van der Waals surface area contributed by atoms with Gasteiger partial charge in [-0.2, -0.15) is 0 Å². The Labute approximate surface area is 174 Å². The fraction of sp³-hybridized carbons (Fsp3) is 0.304. The Balaban J connectivity index is 1.34. The highest BCUT2D eigenvalue weighted by molar-refractivity contribution is 5.98. The molecule has 3 heterocycles. The molecule has 3 aromatic rings. The topological polar surface area (TPSA) is 62.2 Å². The first-order valence-electron chi connectivity index (χ1n) is 10.2. The summed E-state index contributed by atoms with van der Waals surface area (Å²) in [6.07, 6.45) is 4.28. The Morgan fingerprint density at radius 3 is 2.43 bits per heavy atom. The molecule has 0 spiro atoms. The van der Waals surface area contributed by atoms with Crippen LogP contribution in [0.1, 0.15) is 34.0 Å². The summed E-state index contributed by atoms with van der Waals surface area (Å²) in [5.74, 6) is 1.14. The molecule has 1 aliphatic carbocycles. The van der Waals surface area contributed by atoms with E-state index in [9.17, 15) is 9.18 Å². The van der Waals surface area contributed by atoms with Gasteiger partial charge in [0.15, 0.2) is 5.78 Å². The van der Waals surface area contributed by atoms with Crippen LogP contribution in [0.3, 0.4) is 0 Å². The van der Waals surface area contributed by atoms with Crippen LogP contribution in [0.2, 0.25) is 0 Å². The summed E-state index contributed by atoms with van der Waals surface area (Å²) in [7, 11) is 0. The first-order valence-corrected chi connectivity index (χ1v) is 10.2. The zero-order valence-corrected chi connectivity index (χ0v) is 16.5. The molecule has 5 rings (SSSR count). The Hall–Kier alpha value is -3.35. The lowest BCUT2D eigenvalue weighted by molar-refractivity contribution is 0.0962. The van der Waals surface area contributed by atoms with Crippen molar-refractivity contribution < 1.29 is 9.18 Å². The van der Waals surface area contributed by atoms with Crippen molar-refractivity contribution in [3.05, 3.63) is 77.5 Å². The Bertz CT molecular complexity index is 1070. The molecule has 152 valence electrons. The van der Waals surface area contributed by atoms with E-state index in [1.807, 2.05) is 24.3 Å². The molecule has 0 amide bonds. The van der Waals surface area contributed by atoms with Crippen LogP contribution >= 0.6 is 0 Å². The maximum Gasteiger partial charge on any atom is 0.225 e. The molecule has 1 saturated heterocycles. The molecule has 2 aliphatic rings. The van der Waals surface area contributed by atoms with Crippen LogP contribution in [0, 0.1) is 5.82 Å². The van der Waals surface area contributed by atoms with E-state index in [1.54, 1.807) is 24.5 Å². The van der Waals surface area contributed by atoms with Crippen molar-refractivity contribution in [2.75, 3.05) is 36.0 Å². The summed E-state index contributed by atoms with van der Waals surface area (Å²) in [6.45, 7) is 3.21. The summed E-state index contributed by atoms with van der Waals surface area (Å²) in [6, 6.07) is 12.6. The third-order valence-electron chi connectivity index (χ3n) is 5.91. The number of piperazine rings is 1. The first-order chi connectivity index (χ1) is 14.7. The van der Waals surface area contributed by atoms with Crippen LogP contribution in [-0.4, -0.2) is 46.9 Å². The van der Waals surface area contributed by atoms with E-state index in [-0.39, 0.29) is 17.5 Å². The fourth-order valence-corrected chi connectivity index (χ4v) is 4.29. The second-order valence-corrected chi connectivity index (χ2v) is 7.74. The average molecular weight is 403 g/mol. The highest BCUT2D eigenvalue weighted by Crippen LogP contribution is 2.33. The van der Waals surface area contributed by atoms with E-state index in [2.05, 4.69) is 19.8 Å². The van der Waals surface area contributed by atoms with Gasteiger partial charge in [0.25, 0.3) is 0 Å². The summed E-state index contributed by atoms with van der Waals surface area (Å²) >= 11 is 0. The predicted octanol–water partition coefficient (Wildman–Crippen LogP) is 3.25. The van der Waals surface area contributed by atoms with Gasteiger partial charge in [-0.3, -0.25) is 4.79 Å². The van der Waals surface area contributed by atoms with Gasteiger partial charge in [-0.15, -0.1) is 0 Å². The standard InChI is InChI=1S/C23H22FN5O/c24-19-6-2-1-5-17(19)16-13-20-18(21(30)14-16)15-26-23(27-20)29-11-9-28(10-12-29)22-7-3-4-8-25-22/h1-8,15-16H,9-14H2/t16-/m0/s1. The number of fused-ring (bicyclic) bond motifs is 1. The molecule has 1 aliphatic heterocycles. The lowest BCUT2D eigenvalue weighted by Gasteiger charge is -2.35. The van der Waals surface area contributed by atoms with Crippen LogP contribution in [0.4, 0.5) is 16.2 Å². The van der Waals surface area contributed by atoms with Crippen LogP contribution in [0.15, 0.2) is 54.9 Å². The van der Waals surface area contributed by atoms with Crippen molar-refractivity contribution in [3.63, 3.8) is 0 Å². The minimum absolute atomic E-state index is 0.0176. The highest BCUT2D eigenvalue weighted by Gasteiger charge is 2.30. The van der Waals surface area contributed by atoms with E-state index in [0.29, 0.717) is 29.9 Å². The van der Waals surface area contributed by atoms with Crippen molar-refractivity contribution >= 4 is 17.5 Å². The molecule has 0 unspecified atom stereocenters. The van der Waals surface area contributed by atoms with Crippen LogP contribution in [0.5, 0.6) is 0 Å². The van der Waals surface area contributed by atoms with E-state index in [1.165, 1.54) is 6.07 Å². The molecular formula is C23H22FN5O. The number of hydrogen-bond acceptors (Lipinski definition) is 6. The molecule has 1 aromatic carbocycles.